The van der Waals surface area contributed by atoms with Gasteiger partial charge in [0, 0.05) is 36.1 Å². The number of ether oxygens (including phenoxy) is 1. The fraction of sp³-hybridized carbons (Fsp3) is 0.333. The largest absolute Gasteiger partial charge is 0.465 e. The second kappa shape index (κ2) is 8.97. The number of hydrogen-bond donors (Lipinski definition) is 0. The molecule has 0 N–H and O–H groups in total. The lowest BCUT2D eigenvalue weighted by molar-refractivity contribution is 0.0599. The van der Waals surface area contributed by atoms with Crippen LogP contribution >= 0.6 is 0 Å². The first-order chi connectivity index (χ1) is 19.3. The van der Waals surface area contributed by atoms with Crippen LogP contribution < -0.4 is 0 Å². The summed E-state index contributed by atoms with van der Waals surface area (Å²) in [5.41, 5.74) is 7.63. The monoisotopic (exact) mass is 534 g/mol. The van der Waals surface area contributed by atoms with E-state index in [4.69, 9.17) is 14.8 Å². The molecule has 40 heavy (non-hydrogen) atoms. The molecule has 202 valence electrons. The van der Waals surface area contributed by atoms with Crippen molar-refractivity contribution in [2.75, 3.05) is 7.11 Å². The van der Waals surface area contributed by atoms with Gasteiger partial charge in [-0.1, -0.05) is 37.3 Å². The van der Waals surface area contributed by atoms with Crippen molar-refractivity contribution in [2.24, 2.45) is 7.05 Å². The molecule has 2 atom stereocenters. The number of carbonyl (C=O) groups is 1. The number of hydrogen-bond acceptors (Lipinski definition) is 7. The summed E-state index contributed by atoms with van der Waals surface area (Å²) < 4.78 is 10.6. The van der Waals surface area contributed by atoms with Crippen molar-refractivity contribution < 1.29 is 9.53 Å². The number of pyridine rings is 1. The van der Waals surface area contributed by atoms with Crippen molar-refractivity contribution in [3.05, 3.63) is 89.3 Å². The van der Waals surface area contributed by atoms with Crippen molar-refractivity contribution in [3.8, 4) is 22.8 Å². The lowest BCUT2D eigenvalue weighted by atomic mass is 9.90. The second-order valence-electron chi connectivity index (χ2n) is 11.4. The summed E-state index contributed by atoms with van der Waals surface area (Å²) in [5.74, 6) is 0.448. The van der Waals surface area contributed by atoms with Gasteiger partial charge in [0.05, 0.1) is 48.0 Å². The maximum Gasteiger partial charge on any atom is 0.341 e. The summed E-state index contributed by atoms with van der Waals surface area (Å²) in [5, 5.41) is 17.7. The van der Waals surface area contributed by atoms with Crippen LogP contribution in [0.15, 0.2) is 61.1 Å². The fourth-order valence-electron chi connectivity index (χ4n) is 6.07. The zero-order valence-electron chi connectivity index (χ0n) is 22.9. The number of carbonyl (C=O) groups excluding carboxylic acids is 1. The molecule has 0 aliphatic heterocycles. The number of fused-ring (bicyclic) bond motifs is 1. The van der Waals surface area contributed by atoms with Gasteiger partial charge in [0.1, 0.15) is 5.56 Å². The van der Waals surface area contributed by atoms with E-state index >= 15 is 0 Å². The molecule has 7 rings (SSSR count). The van der Waals surface area contributed by atoms with E-state index in [1.54, 1.807) is 15.6 Å². The summed E-state index contributed by atoms with van der Waals surface area (Å²) in [4.78, 5) is 17.7. The van der Waals surface area contributed by atoms with Crippen LogP contribution in [0, 0.1) is 0 Å². The van der Waals surface area contributed by atoms with Crippen molar-refractivity contribution in [3.63, 3.8) is 0 Å². The van der Waals surface area contributed by atoms with Gasteiger partial charge in [-0.15, -0.1) is 5.10 Å². The van der Waals surface area contributed by atoms with Gasteiger partial charge in [-0.3, -0.25) is 4.68 Å². The molecule has 0 bridgehead atoms. The maximum absolute atomic E-state index is 12.7. The van der Waals surface area contributed by atoms with Gasteiger partial charge in [0.25, 0.3) is 0 Å². The highest BCUT2D eigenvalue weighted by atomic mass is 16.5. The zero-order chi connectivity index (χ0) is 27.6. The van der Waals surface area contributed by atoms with E-state index in [1.807, 2.05) is 43.7 Å². The first-order valence-electron chi connectivity index (χ1n) is 13.5. The van der Waals surface area contributed by atoms with Crippen LogP contribution in [0.4, 0.5) is 0 Å². The summed E-state index contributed by atoms with van der Waals surface area (Å²) in [6, 6.07) is 14.2. The average Bonchev–Trinajstić information content (AvgIpc) is 3.33. The third-order valence-corrected chi connectivity index (χ3v) is 8.20. The number of aromatic nitrogens is 8. The van der Waals surface area contributed by atoms with Crippen LogP contribution in [-0.2, 0) is 23.6 Å². The number of nitrogens with zero attached hydrogens (tertiary/aromatic N) is 8. The molecule has 1 saturated carbocycles. The van der Waals surface area contributed by atoms with Crippen LogP contribution in [-0.4, -0.2) is 52.6 Å². The highest BCUT2D eigenvalue weighted by Crippen LogP contribution is 2.55. The van der Waals surface area contributed by atoms with Gasteiger partial charge in [-0.2, -0.15) is 10.2 Å². The number of benzene rings is 1. The molecule has 0 saturated heterocycles. The summed E-state index contributed by atoms with van der Waals surface area (Å²) in [6.45, 7) is 4.57. The van der Waals surface area contributed by atoms with Gasteiger partial charge in [-0.25, -0.2) is 19.1 Å². The smallest absolute Gasteiger partial charge is 0.341 e. The minimum atomic E-state index is -0.412. The van der Waals surface area contributed by atoms with Crippen LogP contribution in [0.2, 0.25) is 0 Å². The molecule has 10 nitrogen and oxygen atoms in total. The Bertz CT molecular complexity index is 1760. The molecular formula is C30H30N8O2. The van der Waals surface area contributed by atoms with Gasteiger partial charge in [0.15, 0.2) is 5.82 Å². The summed E-state index contributed by atoms with van der Waals surface area (Å²) in [6.07, 6.45) is 8.53. The van der Waals surface area contributed by atoms with E-state index in [0.29, 0.717) is 11.4 Å². The number of rotatable bonds is 6. The van der Waals surface area contributed by atoms with E-state index in [0.717, 1.165) is 47.6 Å². The predicted octanol–water partition coefficient (Wildman–Crippen LogP) is 4.53. The SMILES string of the molecule is COC(=O)c1cnn(-c2cccc(-c3cccc(-n4ncc5c4C(C)(C)CC5)c3)n2)c1C1CC1c1cn(C)nn1. The summed E-state index contributed by atoms with van der Waals surface area (Å²) in [7, 11) is 3.24. The third-order valence-electron chi connectivity index (χ3n) is 8.20. The highest BCUT2D eigenvalue weighted by molar-refractivity contribution is 5.91. The molecule has 4 heterocycles. The van der Waals surface area contributed by atoms with Gasteiger partial charge in [0.2, 0.25) is 0 Å². The van der Waals surface area contributed by atoms with E-state index in [1.165, 1.54) is 18.4 Å². The molecule has 2 unspecified atom stereocenters. The third kappa shape index (κ3) is 3.93. The highest BCUT2D eigenvalue weighted by Gasteiger charge is 2.46. The first-order valence-corrected chi connectivity index (χ1v) is 13.5. The second-order valence-corrected chi connectivity index (χ2v) is 11.4. The topological polar surface area (TPSA) is 106 Å². The Balaban J connectivity index is 1.26. The van der Waals surface area contributed by atoms with Crippen LogP contribution in [0.5, 0.6) is 0 Å². The van der Waals surface area contributed by atoms with Crippen LogP contribution in [0.3, 0.4) is 0 Å². The zero-order valence-corrected chi connectivity index (χ0v) is 22.9. The maximum atomic E-state index is 12.7. The Labute approximate surface area is 231 Å². The Morgan fingerprint density at radius 3 is 2.67 bits per heavy atom. The molecule has 10 heteroatoms. The molecule has 2 aliphatic rings. The van der Waals surface area contributed by atoms with Crippen molar-refractivity contribution in [1.82, 2.24) is 39.5 Å². The quantitative estimate of drug-likeness (QED) is 0.295. The van der Waals surface area contributed by atoms with Crippen LogP contribution in [0.1, 0.15) is 71.5 Å². The van der Waals surface area contributed by atoms with Gasteiger partial charge in [-0.05, 0) is 49.1 Å². The minimum absolute atomic E-state index is 0.0624. The van der Waals surface area contributed by atoms with Crippen molar-refractivity contribution >= 4 is 5.97 Å². The Morgan fingerprint density at radius 1 is 1.05 bits per heavy atom. The Hall–Kier alpha value is -4.60. The van der Waals surface area contributed by atoms with E-state index in [-0.39, 0.29) is 17.3 Å². The predicted molar refractivity (Wildman–Crippen MR) is 148 cm³/mol. The van der Waals surface area contributed by atoms with Gasteiger partial charge < -0.3 is 4.74 Å². The normalized spacial score (nSPS) is 19.0. The minimum Gasteiger partial charge on any atom is -0.465 e. The Morgan fingerprint density at radius 2 is 1.88 bits per heavy atom. The Kier molecular flexibility index (Phi) is 5.48. The standard InChI is InChI=1S/C30H30N8O2/c1-30(2)12-11-19-15-31-37(28(19)30)20-8-5-7-18(13-20)24-9-6-10-26(33-24)38-27(23(16-32-38)29(39)40-4)22-14-21(22)25-17-36(3)35-34-25/h5-10,13,15-17,21-22H,11-12,14H2,1-4H3. The number of esters is 1. The molecule has 4 aromatic heterocycles. The molecule has 0 radical (unpaired) electrons. The van der Waals surface area contributed by atoms with E-state index < -0.39 is 5.97 Å². The molecule has 0 amide bonds. The fourth-order valence-corrected chi connectivity index (χ4v) is 6.07. The number of aryl methyl sites for hydroxylation is 2. The van der Waals surface area contributed by atoms with Crippen LogP contribution in [0.25, 0.3) is 22.8 Å². The van der Waals surface area contributed by atoms with Crippen molar-refractivity contribution in [2.45, 2.75) is 50.4 Å². The number of methoxy groups -OCH3 is 1. The van der Waals surface area contributed by atoms with E-state index in [9.17, 15) is 4.79 Å². The molecular weight excluding hydrogens is 504 g/mol. The molecule has 2 aliphatic carbocycles. The van der Waals surface area contributed by atoms with E-state index in [2.05, 4.69) is 52.1 Å². The molecule has 5 aromatic rings. The molecule has 0 spiro atoms. The lowest BCUT2D eigenvalue weighted by Gasteiger charge is -2.21. The molecule has 1 aromatic carbocycles. The summed E-state index contributed by atoms with van der Waals surface area (Å²) >= 11 is 0. The van der Waals surface area contributed by atoms with Crippen molar-refractivity contribution in [1.29, 1.82) is 0 Å². The first kappa shape index (κ1) is 24.4. The average molecular weight is 535 g/mol. The lowest BCUT2D eigenvalue weighted by Crippen LogP contribution is -2.18. The molecule has 1 fully saturated rings. The van der Waals surface area contributed by atoms with Gasteiger partial charge >= 0.3 is 5.97 Å².